The van der Waals surface area contributed by atoms with Crippen LogP contribution in [0.15, 0.2) is 60.9 Å². The van der Waals surface area contributed by atoms with Crippen molar-refractivity contribution in [2.75, 3.05) is 38.1 Å². The maximum absolute atomic E-state index is 13.1. The van der Waals surface area contributed by atoms with E-state index in [0.29, 0.717) is 22.3 Å². The Kier molecular flexibility index (Phi) is 6.62. The van der Waals surface area contributed by atoms with Crippen molar-refractivity contribution in [3.63, 3.8) is 0 Å². The number of ether oxygens (including phenoxy) is 2. The van der Waals surface area contributed by atoms with Crippen molar-refractivity contribution < 1.29 is 19.1 Å². The van der Waals surface area contributed by atoms with Gasteiger partial charge in [0.25, 0.3) is 5.91 Å². The summed E-state index contributed by atoms with van der Waals surface area (Å²) in [4.78, 5) is 35.6. The van der Waals surface area contributed by atoms with Gasteiger partial charge >= 0.3 is 0 Å². The number of carbonyl (C=O) groups excluding carboxylic acids is 2. The lowest BCUT2D eigenvalue weighted by atomic mass is 10.0. The number of hydrogen-bond acceptors (Lipinski definition) is 7. The number of aromatic nitrogens is 2. The molecule has 0 aliphatic carbocycles. The van der Waals surface area contributed by atoms with Crippen LogP contribution in [0.4, 0.5) is 11.5 Å². The molecule has 0 bridgehead atoms. The molecule has 0 saturated heterocycles. The summed E-state index contributed by atoms with van der Waals surface area (Å²) in [5.41, 5.74) is 2.51. The first-order chi connectivity index (χ1) is 16.0. The third-order valence-corrected chi connectivity index (χ3v) is 6.04. The van der Waals surface area contributed by atoms with Gasteiger partial charge in [-0.15, -0.1) is 11.3 Å². The summed E-state index contributed by atoms with van der Waals surface area (Å²) in [5.74, 6) is 0.557. The van der Waals surface area contributed by atoms with Crippen molar-refractivity contribution in [2.24, 2.45) is 0 Å². The third kappa shape index (κ3) is 4.84. The third-order valence-electron chi connectivity index (χ3n) is 4.98. The minimum Gasteiger partial charge on any atom is -0.481 e. The highest BCUT2D eigenvalue weighted by Gasteiger charge is 2.19. The van der Waals surface area contributed by atoms with Crippen LogP contribution in [0.1, 0.15) is 9.67 Å². The van der Waals surface area contributed by atoms with Crippen LogP contribution in [0, 0.1) is 0 Å². The molecule has 8 nitrogen and oxygen atoms in total. The fourth-order valence-electron chi connectivity index (χ4n) is 3.33. The fourth-order valence-corrected chi connectivity index (χ4v) is 4.36. The van der Waals surface area contributed by atoms with Gasteiger partial charge in [0.2, 0.25) is 11.8 Å². The number of nitrogens with one attached hydrogen (secondary N) is 1. The van der Waals surface area contributed by atoms with Crippen molar-refractivity contribution >= 4 is 44.7 Å². The minimum atomic E-state index is -0.218. The van der Waals surface area contributed by atoms with Gasteiger partial charge in [0, 0.05) is 49.3 Å². The van der Waals surface area contributed by atoms with Crippen LogP contribution in [-0.2, 0) is 9.53 Å². The van der Waals surface area contributed by atoms with Gasteiger partial charge in [-0.05, 0) is 29.8 Å². The first-order valence-corrected chi connectivity index (χ1v) is 10.9. The van der Waals surface area contributed by atoms with E-state index in [-0.39, 0.29) is 18.4 Å². The Morgan fingerprint density at radius 2 is 1.88 bits per heavy atom. The Labute approximate surface area is 194 Å². The van der Waals surface area contributed by atoms with E-state index in [9.17, 15) is 9.59 Å². The number of pyridine rings is 2. The maximum Gasteiger partial charge on any atom is 0.269 e. The molecule has 0 radical (unpaired) electrons. The van der Waals surface area contributed by atoms with Crippen LogP contribution in [0.2, 0.25) is 0 Å². The number of thiophene rings is 1. The zero-order valence-corrected chi connectivity index (χ0v) is 19.2. The van der Waals surface area contributed by atoms with Gasteiger partial charge in [-0.3, -0.25) is 19.5 Å². The van der Waals surface area contributed by atoms with Crippen LogP contribution in [0.25, 0.3) is 21.2 Å². The summed E-state index contributed by atoms with van der Waals surface area (Å²) in [5, 5.41) is 3.70. The standard InChI is InChI=1S/C24H22N4O4S/c1-28(21-5-4-6-23(27-21)32-3)24(30)19-11-17-18(12-25-13-20(17)33-19)15-7-9-16(10-8-15)26-22(29)14-31-2/h4-13H,14H2,1-3H3,(H,26,29). The predicted molar refractivity (Wildman–Crippen MR) is 129 cm³/mol. The highest BCUT2D eigenvalue weighted by molar-refractivity contribution is 7.21. The Hall–Kier alpha value is -3.82. The van der Waals surface area contributed by atoms with E-state index >= 15 is 0 Å². The topological polar surface area (TPSA) is 93.6 Å². The van der Waals surface area contributed by atoms with Gasteiger partial charge in [0.1, 0.15) is 12.4 Å². The number of hydrogen-bond donors (Lipinski definition) is 1. The Morgan fingerprint density at radius 1 is 1.09 bits per heavy atom. The lowest BCUT2D eigenvalue weighted by molar-refractivity contribution is -0.119. The molecule has 168 valence electrons. The first-order valence-electron chi connectivity index (χ1n) is 10.1. The molecule has 0 atom stereocenters. The molecule has 4 aromatic rings. The summed E-state index contributed by atoms with van der Waals surface area (Å²) >= 11 is 1.38. The number of fused-ring (bicyclic) bond motifs is 1. The van der Waals surface area contributed by atoms with E-state index in [1.165, 1.54) is 30.5 Å². The van der Waals surface area contributed by atoms with Crippen molar-refractivity contribution in [3.05, 3.63) is 65.8 Å². The van der Waals surface area contributed by atoms with Gasteiger partial charge in [-0.1, -0.05) is 18.2 Å². The zero-order chi connectivity index (χ0) is 23.4. The largest absolute Gasteiger partial charge is 0.481 e. The van der Waals surface area contributed by atoms with Crippen molar-refractivity contribution in [1.82, 2.24) is 9.97 Å². The molecule has 1 aromatic carbocycles. The number of amides is 2. The molecular formula is C24H22N4O4S. The maximum atomic E-state index is 13.1. The van der Waals surface area contributed by atoms with Crippen LogP contribution in [-0.4, -0.2) is 49.7 Å². The molecule has 33 heavy (non-hydrogen) atoms. The molecule has 3 aromatic heterocycles. The SMILES string of the molecule is COCC(=O)Nc1ccc(-c2cncc3sc(C(=O)N(C)c4cccc(OC)n4)cc23)cc1. The second-order valence-corrected chi connectivity index (χ2v) is 8.25. The quantitative estimate of drug-likeness (QED) is 0.442. The Morgan fingerprint density at radius 3 is 2.61 bits per heavy atom. The monoisotopic (exact) mass is 462 g/mol. The molecule has 3 heterocycles. The smallest absolute Gasteiger partial charge is 0.269 e. The van der Waals surface area contributed by atoms with Crippen molar-refractivity contribution in [1.29, 1.82) is 0 Å². The second-order valence-electron chi connectivity index (χ2n) is 7.17. The van der Waals surface area contributed by atoms with E-state index in [4.69, 9.17) is 9.47 Å². The van der Waals surface area contributed by atoms with Gasteiger partial charge in [-0.2, -0.15) is 4.98 Å². The zero-order valence-electron chi connectivity index (χ0n) is 18.4. The van der Waals surface area contributed by atoms with Gasteiger partial charge in [0.15, 0.2) is 0 Å². The first kappa shape index (κ1) is 22.4. The molecule has 9 heteroatoms. The summed E-state index contributed by atoms with van der Waals surface area (Å²) < 4.78 is 10.9. The number of benzene rings is 1. The normalized spacial score (nSPS) is 10.8. The molecule has 2 amide bonds. The molecule has 0 unspecified atom stereocenters. The molecule has 0 fully saturated rings. The summed E-state index contributed by atoms with van der Waals surface area (Å²) in [7, 11) is 4.69. The van der Waals surface area contributed by atoms with Crippen molar-refractivity contribution in [3.8, 4) is 17.0 Å². The summed E-state index contributed by atoms with van der Waals surface area (Å²) in [6.45, 7) is -0.00355. The fraction of sp³-hybridized carbons (Fsp3) is 0.167. The molecule has 0 aliphatic rings. The van der Waals surface area contributed by atoms with E-state index in [2.05, 4.69) is 15.3 Å². The Bertz CT molecular complexity index is 1300. The van der Waals surface area contributed by atoms with Gasteiger partial charge in [-0.25, -0.2) is 0 Å². The summed E-state index contributed by atoms with van der Waals surface area (Å²) in [6, 6.07) is 14.6. The molecule has 0 saturated carbocycles. The Balaban J connectivity index is 1.61. The van der Waals surface area contributed by atoms with Crippen molar-refractivity contribution in [2.45, 2.75) is 0 Å². The van der Waals surface area contributed by atoms with Crippen LogP contribution in [0.3, 0.4) is 0 Å². The number of rotatable bonds is 7. The van der Waals surface area contributed by atoms with E-state index in [1.807, 2.05) is 30.3 Å². The van der Waals surface area contributed by atoms with Gasteiger partial charge < -0.3 is 14.8 Å². The molecule has 0 spiro atoms. The predicted octanol–water partition coefficient (Wildman–Crippen LogP) is 4.23. The minimum absolute atomic E-state index is 0.00355. The highest BCUT2D eigenvalue weighted by atomic mass is 32.1. The van der Waals surface area contributed by atoms with E-state index in [1.54, 1.807) is 37.6 Å². The number of carbonyl (C=O) groups is 2. The van der Waals surface area contributed by atoms with E-state index < -0.39 is 0 Å². The number of anilines is 2. The number of nitrogens with zero attached hydrogens (tertiary/aromatic N) is 3. The second kappa shape index (κ2) is 9.76. The average Bonchev–Trinajstić information content (AvgIpc) is 3.28. The van der Waals surface area contributed by atoms with E-state index in [0.717, 1.165) is 21.2 Å². The van der Waals surface area contributed by atoms with Crippen LogP contribution >= 0.6 is 11.3 Å². The molecule has 1 N–H and O–H groups in total. The van der Waals surface area contributed by atoms with Crippen LogP contribution in [0.5, 0.6) is 5.88 Å². The highest BCUT2D eigenvalue weighted by Crippen LogP contribution is 2.34. The van der Waals surface area contributed by atoms with Crippen LogP contribution < -0.4 is 15.0 Å². The molecule has 4 rings (SSSR count). The summed E-state index contributed by atoms with van der Waals surface area (Å²) in [6.07, 6.45) is 3.53. The van der Waals surface area contributed by atoms with Gasteiger partial charge in [0.05, 0.1) is 16.7 Å². The lowest BCUT2D eigenvalue weighted by Crippen LogP contribution is -2.26. The number of methoxy groups -OCH3 is 2. The molecular weight excluding hydrogens is 440 g/mol. The lowest BCUT2D eigenvalue weighted by Gasteiger charge is -2.15. The average molecular weight is 463 g/mol. The molecule has 0 aliphatic heterocycles.